The van der Waals surface area contributed by atoms with Gasteiger partial charge >= 0.3 is 0 Å². The smallest absolute Gasteiger partial charge is 0.252 e. The molecule has 11 nitrogen and oxygen atoms in total. The maximum Gasteiger partial charge on any atom is 0.252 e. The second kappa shape index (κ2) is 24.7. The van der Waals surface area contributed by atoms with E-state index in [1.54, 1.807) is 20.8 Å². The summed E-state index contributed by atoms with van der Waals surface area (Å²) in [7, 11) is 0. The minimum absolute atomic E-state index is 0.00762. The number of ether oxygens (including phenoxy) is 1. The van der Waals surface area contributed by atoms with Crippen molar-refractivity contribution in [3.05, 3.63) is 27.8 Å². The lowest BCUT2D eigenvalue weighted by molar-refractivity contribution is -0.120. The summed E-state index contributed by atoms with van der Waals surface area (Å²) in [5.74, 6) is -1.49. The molecule has 0 radical (unpaired) electrons. The fourth-order valence-electron chi connectivity index (χ4n) is 3.28. The third kappa shape index (κ3) is 14.1. The van der Waals surface area contributed by atoms with E-state index in [-0.39, 0.29) is 55.6 Å². The van der Waals surface area contributed by atoms with Crippen molar-refractivity contribution in [1.82, 2.24) is 10.6 Å². The molecule has 0 spiro atoms. The summed E-state index contributed by atoms with van der Waals surface area (Å²) in [6, 6.07) is 0. The Labute approximate surface area is 238 Å². The van der Waals surface area contributed by atoms with Crippen LogP contribution in [-0.4, -0.2) is 95.8 Å². The number of carbonyl (C=O) groups is 3. The van der Waals surface area contributed by atoms with Crippen molar-refractivity contribution in [2.24, 2.45) is 0 Å². The summed E-state index contributed by atoms with van der Waals surface area (Å²) in [4.78, 5) is 38.1. The molecule has 0 aliphatic carbocycles. The predicted octanol–water partition coefficient (Wildman–Crippen LogP) is 2.05. The summed E-state index contributed by atoms with van der Waals surface area (Å²) in [6.07, 6.45) is -2.84. The molecule has 7 N–H and O–H groups in total. The number of anilines is 1. The van der Waals surface area contributed by atoms with Crippen LogP contribution in [0.15, 0.2) is 0 Å². The van der Waals surface area contributed by atoms with Crippen molar-refractivity contribution in [1.29, 1.82) is 0 Å². The largest absolute Gasteiger partial charge is 0.395 e. The number of aliphatic hydroxyl groups excluding tert-OH is 4. The number of carbonyl (C=O) groups excluding carboxylic acids is 3. The maximum atomic E-state index is 13.0. The Kier molecular flexibility index (Phi) is 26.1. The van der Waals surface area contributed by atoms with Crippen LogP contribution in [0.25, 0.3) is 0 Å². The zero-order valence-electron chi connectivity index (χ0n) is 24.9. The Morgan fingerprint density at radius 1 is 0.821 bits per heavy atom. The van der Waals surface area contributed by atoms with E-state index in [4.69, 9.17) is 26.6 Å². The third-order valence-electron chi connectivity index (χ3n) is 4.92. The van der Waals surface area contributed by atoms with Gasteiger partial charge in [-0.15, -0.1) is 11.6 Å². The van der Waals surface area contributed by atoms with Gasteiger partial charge in [-0.1, -0.05) is 41.5 Å². The molecule has 2 unspecified atom stereocenters. The van der Waals surface area contributed by atoms with E-state index in [1.165, 1.54) is 0 Å². The van der Waals surface area contributed by atoms with Crippen molar-refractivity contribution >= 4 is 35.0 Å². The lowest BCUT2D eigenvalue weighted by atomic mass is 9.90. The molecule has 0 heterocycles. The Balaban J connectivity index is -0.00000201. The highest BCUT2D eigenvalue weighted by Crippen LogP contribution is 2.31. The van der Waals surface area contributed by atoms with Crippen molar-refractivity contribution in [3.8, 4) is 0 Å². The molecule has 0 aromatic heterocycles. The fourth-order valence-corrected chi connectivity index (χ4v) is 3.39. The number of hydrogen-bond donors (Lipinski definition) is 7. The molecule has 0 saturated carbocycles. The van der Waals surface area contributed by atoms with Gasteiger partial charge in [-0.05, 0) is 37.5 Å². The number of hydrogen-bond acceptors (Lipinski definition) is 8. The Morgan fingerprint density at radius 2 is 1.31 bits per heavy atom. The van der Waals surface area contributed by atoms with Gasteiger partial charge < -0.3 is 41.1 Å². The Bertz CT molecular complexity index is 853. The zero-order valence-corrected chi connectivity index (χ0v) is 25.7. The van der Waals surface area contributed by atoms with Gasteiger partial charge in [0.2, 0.25) is 5.91 Å². The zero-order chi connectivity index (χ0) is 31.1. The van der Waals surface area contributed by atoms with Crippen molar-refractivity contribution in [2.75, 3.05) is 50.7 Å². The first kappa shape index (κ1) is 41.2. The lowest BCUT2D eigenvalue weighted by Gasteiger charge is -2.23. The molecular weight excluding hydrogens is 530 g/mol. The number of alkyl halides is 1. The van der Waals surface area contributed by atoms with Crippen LogP contribution in [0, 0.1) is 20.8 Å². The third-order valence-corrected chi connectivity index (χ3v) is 5.08. The molecule has 1 aromatic carbocycles. The number of halogens is 1. The van der Waals surface area contributed by atoms with E-state index in [0.717, 1.165) is 0 Å². The lowest BCUT2D eigenvalue weighted by Crippen LogP contribution is -2.41. The van der Waals surface area contributed by atoms with E-state index in [0.29, 0.717) is 16.7 Å². The van der Waals surface area contributed by atoms with Gasteiger partial charge in [0.1, 0.15) is 12.7 Å². The number of benzene rings is 1. The average Bonchev–Trinajstić information content (AvgIpc) is 2.95. The molecule has 0 fully saturated rings. The molecular formula is C27H50ClN3O8. The molecule has 0 saturated heterocycles. The number of aliphatic hydroxyl groups is 4. The second-order valence-electron chi connectivity index (χ2n) is 7.30. The topological polar surface area (TPSA) is 177 Å². The van der Waals surface area contributed by atoms with Crippen molar-refractivity contribution in [3.63, 3.8) is 0 Å². The molecule has 0 aliphatic heterocycles. The first-order valence-corrected chi connectivity index (χ1v) is 13.9. The van der Waals surface area contributed by atoms with Crippen LogP contribution < -0.4 is 16.0 Å². The van der Waals surface area contributed by atoms with Crippen LogP contribution in [0.4, 0.5) is 5.69 Å². The van der Waals surface area contributed by atoms with Crippen LogP contribution in [0.3, 0.4) is 0 Å². The number of amides is 3. The van der Waals surface area contributed by atoms with Gasteiger partial charge in [0, 0.05) is 35.8 Å². The minimum Gasteiger partial charge on any atom is -0.395 e. The Hall–Kier alpha value is -2.28. The second-order valence-corrected chi connectivity index (χ2v) is 7.67. The molecule has 39 heavy (non-hydrogen) atoms. The molecule has 0 bridgehead atoms. The van der Waals surface area contributed by atoms with Crippen molar-refractivity contribution in [2.45, 2.75) is 74.5 Å². The first-order chi connectivity index (χ1) is 18.6. The molecule has 228 valence electrons. The van der Waals surface area contributed by atoms with Crippen LogP contribution in [0.5, 0.6) is 0 Å². The molecule has 0 aliphatic rings. The van der Waals surface area contributed by atoms with Crippen LogP contribution in [0.1, 0.15) is 78.9 Å². The summed E-state index contributed by atoms with van der Waals surface area (Å²) in [5, 5.41) is 44.9. The molecule has 12 heteroatoms. The van der Waals surface area contributed by atoms with E-state index in [9.17, 15) is 24.6 Å². The van der Waals surface area contributed by atoms with E-state index >= 15 is 0 Å². The number of rotatable bonds is 13. The molecule has 2 atom stereocenters. The summed E-state index contributed by atoms with van der Waals surface area (Å²) in [5.41, 5.74) is 1.61. The van der Waals surface area contributed by atoms with Gasteiger partial charge in [0.15, 0.2) is 0 Å². The van der Waals surface area contributed by atoms with E-state index < -0.39 is 36.5 Å². The number of nitrogens with one attached hydrogen (secondary N) is 3. The highest BCUT2D eigenvalue weighted by atomic mass is 35.5. The SMILES string of the molecule is CC.CC.CC.Cc1c(NC(=O)COCCCl)c(C)c(C(=O)NCC(O)C(O)CO)c(C)c1C(=O)NCCO. The maximum absolute atomic E-state index is 13.0. The molecule has 3 amide bonds. The normalized spacial score (nSPS) is 11.2. The van der Waals surface area contributed by atoms with Crippen LogP contribution in [0.2, 0.25) is 0 Å². The van der Waals surface area contributed by atoms with Gasteiger partial charge in [-0.2, -0.15) is 0 Å². The van der Waals surface area contributed by atoms with E-state index in [2.05, 4.69) is 16.0 Å². The quantitative estimate of drug-likeness (QED) is 0.137. The van der Waals surface area contributed by atoms with E-state index in [1.807, 2.05) is 41.5 Å². The molecule has 1 rings (SSSR count). The standard InChI is InChI=1S/C21H32ClN3O8.3C2H6/c1-11-17(20(31)23-5-6-26)12(2)19(25-16(30)10-33-7-4-22)13(3)18(11)21(32)24-8-14(28)15(29)9-27;3*1-2/h14-15,26-29H,4-10H2,1-3H3,(H,23,31)(H,24,32)(H,25,30);3*1-2H3. The summed E-state index contributed by atoms with van der Waals surface area (Å²) < 4.78 is 5.12. The molecule has 1 aromatic rings. The fraction of sp³-hybridized carbons (Fsp3) is 0.667. The van der Waals surface area contributed by atoms with Crippen LogP contribution >= 0.6 is 11.6 Å². The average molecular weight is 580 g/mol. The summed E-state index contributed by atoms with van der Waals surface area (Å²) >= 11 is 5.54. The highest BCUT2D eigenvalue weighted by Gasteiger charge is 2.26. The van der Waals surface area contributed by atoms with Gasteiger partial charge in [-0.3, -0.25) is 14.4 Å². The monoisotopic (exact) mass is 579 g/mol. The Morgan fingerprint density at radius 3 is 1.74 bits per heavy atom. The van der Waals surface area contributed by atoms with Gasteiger partial charge in [0.05, 0.1) is 25.9 Å². The highest BCUT2D eigenvalue weighted by molar-refractivity contribution is 6.18. The van der Waals surface area contributed by atoms with Crippen LogP contribution in [-0.2, 0) is 9.53 Å². The minimum atomic E-state index is -1.44. The summed E-state index contributed by atoms with van der Waals surface area (Å²) in [6.45, 7) is 15.3. The first-order valence-electron chi connectivity index (χ1n) is 13.3. The van der Waals surface area contributed by atoms with Gasteiger partial charge in [0.25, 0.3) is 11.8 Å². The predicted molar refractivity (Wildman–Crippen MR) is 156 cm³/mol. The van der Waals surface area contributed by atoms with Gasteiger partial charge in [-0.25, -0.2) is 0 Å². The van der Waals surface area contributed by atoms with Crippen molar-refractivity contribution < 1.29 is 39.5 Å².